The third kappa shape index (κ3) is 5.20. The molecule has 0 aliphatic carbocycles. The number of nitrogens with one attached hydrogen (secondary N) is 1. The van der Waals surface area contributed by atoms with Crippen molar-refractivity contribution in [2.75, 3.05) is 31.1 Å². The molecule has 2 aliphatic rings. The van der Waals surface area contributed by atoms with E-state index in [9.17, 15) is 18.0 Å². The molecule has 2 aliphatic heterocycles. The topological polar surface area (TPSA) is 96.0 Å². The summed E-state index contributed by atoms with van der Waals surface area (Å²) in [6.45, 7) is 3.45. The number of benzene rings is 2. The van der Waals surface area contributed by atoms with Crippen molar-refractivity contribution in [1.29, 1.82) is 0 Å². The number of carbonyl (C=O) groups is 2. The van der Waals surface area contributed by atoms with Crippen LogP contribution in [-0.4, -0.2) is 51.4 Å². The van der Waals surface area contributed by atoms with E-state index in [1.807, 2.05) is 31.2 Å². The van der Waals surface area contributed by atoms with Crippen molar-refractivity contribution < 1.29 is 22.7 Å². The van der Waals surface area contributed by atoms with Crippen molar-refractivity contribution in [1.82, 2.24) is 9.62 Å². The molecule has 0 bridgehead atoms. The number of anilines is 1. The largest absolute Gasteiger partial charge is 0.494 e. The highest BCUT2D eigenvalue weighted by Gasteiger charge is 2.30. The molecule has 2 aromatic carbocycles. The molecule has 8 nitrogen and oxygen atoms in total. The van der Waals surface area contributed by atoms with E-state index in [1.165, 1.54) is 12.1 Å². The van der Waals surface area contributed by atoms with Crippen LogP contribution in [0.3, 0.4) is 0 Å². The first-order valence-corrected chi connectivity index (χ1v) is 12.8. The van der Waals surface area contributed by atoms with Crippen molar-refractivity contribution in [3.05, 3.63) is 54.1 Å². The van der Waals surface area contributed by atoms with Crippen LogP contribution in [0.5, 0.6) is 5.75 Å². The average Bonchev–Trinajstić information content (AvgIpc) is 3.48. The van der Waals surface area contributed by atoms with Gasteiger partial charge in [-0.05, 0) is 68.1 Å². The number of carbonyl (C=O) groups excluding carboxylic acids is 2. The summed E-state index contributed by atoms with van der Waals surface area (Å²) in [5, 5.41) is 0. The van der Waals surface area contributed by atoms with Gasteiger partial charge in [-0.3, -0.25) is 9.59 Å². The zero-order valence-corrected chi connectivity index (χ0v) is 19.5. The summed E-state index contributed by atoms with van der Waals surface area (Å²) in [5.41, 5.74) is 1.70. The van der Waals surface area contributed by atoms with Crippen LogP contribution in [0.15, 0.2) is 53.4 Å². The lowest BCUT2D eigenvalue weighted by atomic mass is 10.0. The fraction of sp³-hybridized carbons (Fsp3) is 0.417. The smallest absolute Gasteiger partial charge is 0.241 e. The zero-order valence-electron chi connectivity index (χ0n) is 18.7. The van der Waals surface area contributed by atoms with Gasteiger partial charge in [-0.25, -0.2) is 13.1 Å². The van der Waals surface area contributed by atoms with E-state index in [2.05, 4.69) is 4.72 Å². The van der Waals surface area contributed by atoms with Crippen LogP contribution in [0, 0.1) is 0 Å². The van der Waals surface area contributed by atoms with Crippen LogP contribution in [0.4, 0.5) is 5.69 Å². The number of likely N-dealkylation sites (tertiary alicyclic amines) is 1. The molecular weight excluding hydrogens is 442 g/mol. The van der Waals surface area contributed by atoms with Crippen molar-refractivity contribution >= 4 is 27.5 Å². The Morgan fingerprint density at radius 2 is 1.79 bits per heavy atom. The van der Waals surface area contributed by atoms with Gasteiger partial charge >= 0.3 is 0 Å². The number of sulfonamides is 1. The zero-order chi connectivity index (χ0) is 23.4. The third-order valence-electron chi connectivity index (χ3n) is 6.09. The summed E-state index contributed by atoms with van der Waals surface area (Å²) in [6, 6.07) is 13.8. The average molecular weight is 472 g/mol. The van der Waals surface area contributed by atoms with E-state index in [4.69, 9.17) is 4.74 Å². The van der Waals surface area contributed by atoms with Crippen LogP contribution < -0.4 is 14.4 Å². The second kappa shape index (κ2) is 9.93. The summed E-state index contributed by atoms with van der Waals surface area (Å²) in [6.07, 6.45) is 3.02. The van der Waals surface area contributed by atoms with Gasteiger partial charge in [0.05, 0.1) is 24.1 Å². The van der Waals surface area contributed by atoms with Crippen molar-refractivity contribution in [3.63, 3.8) is 0 Å². The molecule has 0 spiro atoms. The second-order valence-corrected chi connectivity index (χ2v) is 9.98. The molecule has 2 fully saturated rings. The quantitative estimate of drug-likeness (QED) is 0.639. The fourth-order valence-electron chi connectivity index (χ4n) is 4.43. The predicted octanol–water partition coefficient (Wildman–Crippen LogP) is 2.85. The molecule has 176 valence electrons. The van der Waals surface area contributed by atoms with Crippen molar-refractivity contribution in [2.45, 2.75) is 43.5 Å². The van der Waals surface area contributed by atoms with Gasteiger partial charge in [-0.2, -0.15) is 0 Å². The van der Waals surface area contributed by atoms with Crippen LogP contribution in [0.25, 0.3) is 0 Å². The molecule has 0 radical (unpaired) electrons. The van der Waals surface area contributed by atoms with Crippen molar-refractivity contribution in [2.24, 2.45) is 0 Å². The van der Waals surface area contributed by atoms with Gasteiger partial charge in [0.2, 0.25) is 21.8 Å². The van der Waals surface area contributed by atoms with Crippen LogP contribution in [-0.2, 0) is 19.6 Å². The lowest BCUT2D eigenvalue weighted by Crippen LogP contribution is -2.39. The first-order valence-electron chi connectivity index (χ1n) is 11.3. The maximum Gasteiger partial charge on any atom is 0.241 e. The van der Waals surface area contributed by atoms with E-state index in [-0.39, 0.29) is 29.3 Å². The second-order valence-electron chi connectivity index (χ2n) is 8.21. The fourth-order valence-corrected chi connectivity index (χ4v) is 5.41. The normalized spacial score (nSPS) is 18.7. The first kappa shape index (κ1) is 23.3. The third-order valence-corrected chi connectivity index (χ3v) is 7.51. The molecule has 4 rings (SSSR count). The van der Waals surface area contributed by atoms with Gasteiger partial charge in [0.15, 0.2) is 0 Å². The van der Waals surface area contributed by atoms with Gasteiger partial charge in [-0.1, -0.05) is 12.1 Å². The summed E-state index contributed by atoms with van der Waals surface area (Å²) >= 11 is 0. The van der Waals surface area contributed by atoms with Crippen LogP contribution >= 0.6 is 0 Å². The summed E-state index contributed by atoms with van der Waals surface area (Å²) < 4.78 is 33.4. The van der Waals surface area contributed by atoms with Gasteiger partial charge in [-0.15, -0.1) is 0 Å². The highest BCUT2D eigenvalue weighted by molar-refractivity contribution is 7.89. The monoisotopic (exact) mass is 471 g/mol. The van der Waals surface area contributed by atoms with Gasteiger partial charge < -0.3 is 14.5 Å². The molecule has 2 aromatic rings. The summed E-state index contributed by atoms with van der Waals surface area (Å²) in [7, 11) is -3.85. The number of hydrogen-bond donors (Lipinski definition) is 1. The van der Waals surface area contributed by atoms with E-state index < -0.39 is 10.0 Å². The highest BCUT2D eigenvalue weighted by atomic mass is 32.2. The molecule has 33 heavy (non-hydrogen) atoms. The maximum atomic E-state index is 12.9. The Morgan fingerprint density at radius 1 is 1.06 bits per heavy atom. The molecular formula is C24H29N3O5S. The Hall–Kier alpha value is -2.91. The van der Waals surface area contributed by atoms with E-state index in [0.717, 1.165) is 30.6 Å². The lowest BCUT2D eigenvalue weighted by molar-refractivity contribution is -0.130. The minimum atomic E-state index is -3.85. The Kier molecular flexibility index (Phi) is 6.99. The standard InChI is InChI=1S/C24H29N3O5S/c1-2-32-20-11-7-18(8-12-20)22-5-3-16-27(22)24(29)17-25-33(30,31)21-13-9-19(10-14-21)26-15-4-6-23(26)28/h7-14,22,25H,2-6,15-17H2,1H3. The van der Waals surface area contributed by atoms with Crippen LogP contribution in [0.1, 0.15) is 44.2 Å². The minimum absolute atomic E-state index is 0.0435. The molecule has 2 heterocycles. The van der Waals surface area contributed by atoms with Gasteiger partial charge in [0.25, 0.3) is 0 Å². The summed E-state index contributed by atoms with van der Waals surface area (Å²) in [5.74, 6) is 0.571. The number of nitrogens with zero attached hydrogens (tertiary/aromatic N) is 2. The predicted molar refractivity (Wildman–Crippen MR) is 125 cm³/mol. The first-order chi connectivity index (χ1) is 15.9. The Balaban J connectivity index is 1.38. The van der Waals surface area contributed by atoms with E-state index in [1.54, 1.807) is 21.9 Å². The van der Waals surface area contributed by atoms with Gasteiger partial charge in [0.1, 0.15) is 5.75 Å². The van der Waals surface area contributed by atoms with E-state index >= 15 is 0 Å². The highest BCUT2D eigenvalue weighted by Crippen LogP contribution is 2.32. The molecule has 9 heteroatoms. The number of rotatable bonds is 8. The maximum absolute atomic E-state index is 12.9. The molecule has 1 unspecified atom stereocenters. The Labute approximate surface area is 194 Å². The SMILES string of the molecule is CCOc1ccc(C2CCCN2C(=O)CNS(=O)(=O)c2ccc(N3CCCC3=O)cc2)cc1. The molecule has 1 atom stereocenters. The number of ether oxygens (including phenoxy) is 1. The molecule has 2 amide bonds. The van der Waals surface area contributed by atoms with E-state index in [0.29, 0.717) is 31.8 Å². The number of amides is 2. The summed E-state index contributed by atoms with van der Waals surface area (Å²) in [4.78, 5) is 28.2. The van der Waals surface area contributed by atoms with Crippen LogP contribution in [0.2, 0.25) is 0 Å². The van der Waals surface area contributed by atoms with Crippen molar-refractivity contribution in [3.8, 4) is 5.75 Å². The number of hydrogen-bond acceptors (Lipinski definition) is 5. The van der Waals surface area contributed by atoms with Gasteiger partial charge in [0, 0.05) is 25.2 Å². The molecule has 2 saturated heterocycles. The molecule has 0 aromatic heterocycles. The molecule has 1 N–H and O–H groups in total. The molecule has 0 saturated carbocycles. The lowest BCUT2D eigenvalue weighted by Gasteiger charge is -2.25. The Bertz CT molecular complexity index is 1100. The minimum Gasteiger partial charge on any atom is -0.494 e. The Morgan fingerprint density at radius 3 is 2.42 bits per heavy atom.